The second-order valence-electron chi connectivity index (χ2n) is 5.67. The van der Waals surface area contributed by atoms with Gasteiger partial charge in [-0.05, 0) is 29.9 Å². The number of hydrogen-bond donors (Lipinski definition) is 1. The first kappa shape index (κ1) is 16.9. The molecule has 0 bridgehead atoms. The summed E-state index contributed by atoms with van der Waals surface area (Å²) in [6, 6.07) is 8.94. The third kappa shape index (κ3) is 6.88. The minimum absolute atomic E-state index is 0.715. The summed E-state index contributed by atoms with van der Waals surface area (Å²) in [6.07, 6.45) is 4.52. The van der Waals surface area contributed by atoms with Gasteiger partial charge in [0, 0.05) is 20.2 Å². The molecule has 0 aliphatic rings. The third-order valence-corrected chi connectivity index (χ3v) is 3.28. The summed E-state index contributed by atoms with van der Waals surface area (Å²) < 4.78 is 5.04. The summed E-state index contributed by atoms with van der Waals surface area (Å²) in [7, 11) is 1.73. The van der Waals surface area contributed by atoms with Crippen LogP contribution in [0.5, 0.6) is 0 Å². The lowest BCUT2D eigenvalue weighted by atomic mass is 10.0. The lowest BCUT2D eigenvalue weighted by Gasteiger charge is -2.08. The van der Waals surface area contributed by atoms with Crippen LogP contribution in [0.15, 0.2) is 29.8 Å². The van der Waals surface area contributed by atoms with Crippen LogP contribution in [0, 0.1) is 5.92 Å². The van der Waals surface area contributed by atoms with E-state index in [2.05, 4.69) is 56.4 Å². The van der Waals surface area contributed by atoms with E-state index in [0.717, 1.165) is 32.5 Å². The second-order valence-corrected chi connectivity index (χ2v) is 5.67. The van der Waals surface area contributed by atoms with Crippen molar-refractivity contribution < 1.29 is 4.74 Å². The average molecular weight is 275 g/mol. The van der Waals surface area contributed by atoms with Gasteiger partial charge in [0.05, 0.1) is 6.61 Å². The van der Waals surface area contributed by atoms with Crippen molar-refractivity contribution in [2.75, 3.05) is 26.8 Å². The molecule has 0 radical (unpaired) electrons. The van der Waals surface area contributed by atoms with Crippen molar-refractivity contribution in [2.45, 2.75) is 33.6 Å². The van der Waals surface area contributed by atoms with E-state index in [-0.39, 0.29) is 0 Å². The van der Waals surface area contributed by atoms with Crippen molar-refractivity contribution >= 4 is 6.08 Å². The van der Waals surface area contributed by atoms with Crippen molar-refractivity contribution in [3.63, 3.8) is 0 Å². The van der Waals surface area contributed by atoms with Gasteiger partial charge in [0.15, 0.2) is 0 Å². The van der Waals surface area contributed by atoms with Crippen molar-refractivity contribution in [1.82, 2.24) is 5.32 Å². The van der Waals surface area contributed by atoms with E-state index in [1.807, 2.05) is 0 Å². The van der Waals surface area contributed by atoms with Crippen molar-refractivity contribution in [3.05, 3.63) is 41.0 Å². The molecule has 0 atom stereocenters. The van der Waals surface area contributed by atoms with Crippen LogP contribution >= 0.6 is 0 Å². The smallest absolute Gasteiger partial charge is 0.0587 e. The predicted octanol–water partition coefficient (Wildman–Crippen LogP) is 3.91. The van der Waals surface area contributed by atoms with Gasteiger partial charge in [0.1, 0.15) is 0 Å². The van der Waals surface area contributed by atoms with Crippen LogP contribution in [0.4, 0.5) is 0 Å². The Morgan fingerprint density at radius 3 is 2.50 bits per heavy atom. The molecule has 0 amide bonds. The van der Waals surface area contributed by atoms with E-state index in [1.165, 1.54) is 16.7 Å². The van der Waals surface area contributed by atoms with Crippen molar-refractivity contribution in [1.29, 1.82) is 0 Å². The molecule has 20 heavy (non-hydrogen) atoms. The fraction of sp³-hybridized carbons (Fsp3) is 0.556. The maximum Gasteiger partial charge on any atom is 0.0587 e. The lowest BCUT2D eigenvalue weighted by Crippen LogP contribution is -2.21. The van der Waals surface area contributed by atoms with Crippen LogP contribution in [0.3, 0.4) is 0 Å². The van der Waals surface area contributed by atoms with Crippen molar-refractivity contribution in [2.24, 2.45) is 5.92 Å². The molecule has 0 saturated carbocycles. The standard InChI is InChI=1S/C18H29NO/c1-5-16(14-19-10-11-20-4)13-18-8-6-17(7-9-18)12-15(2)3/h6-9,13,15,19H,5,10-12,14H2,1-4H3/b16-13-. The molecule has 0 aliphatic carbocycles. The highest BCUT2D eigenvalue weighted by Crippen LogP contribution is 2.13. The Labute approximate surface area is 124 Å². The van der Waals surface area contributed by atoms with Crippen LogP contribution in [0.25, 0.3) is 6.08 Å². The highest BCUT2D eigenvalue weighted by molar-refractivity contribution is 5.53. The maximum absolute atomic E-state index is 5.04. The van der Waals surface area contributed by atoms with E-state index >= 15 is 0 Å². The summed E-state index contributed by atoms with van der Waals surface area (Å²) in [4.78, 5) is 0. The largest absolute Gasteiger partial charge is 0.383 e. The van der Waals surface area contributed by atoms with Gasteiger partial charge >= 0.3 is 0 Å². The topological polar surface area (TPSA) is 21.3 Å². The highest BCUT2D eigenvalue weighted by Gasteiger charge is 1.99. The SMILES string of the molecule is CC/C(=C/c1ccc(CC(C)C)cc1)CNCCOC. The molecule has 2 heteroatoms. The number of ether oxygens (including phenoxy) is 1. The van der Waals surface area contributed by atoms with E-state index in [4.69, 9.17) is 4.74 Å². The van der Waals surface area contributed by atoms with Crippen LogP contribution in [0.2, 0.25) is 0 Å². The van der Waals surface area contributed by atoms with Gasteiger partial charge in [-0.25, -0.2) is 0 Å². The van der Waals surface area contributed by atoms with E-state index < -0.39 is 0 Å². The summed E-state index contributed by atoms with van der Waals surface area (Å²) in [6.45, 7) is 9.33. The average Bonchev–Trinajstić information content (AvgIpc) is 2.43. The number of hydrogen-bond acceptors (Lipinski definition) is 2. The Hall–Kier alpha value is -1.12. The molecular formula is C18H29NO. The summed E-state index contributed by atoms with van der Waals surface area (Å²) >= 11 is 0. The fourth-order valence-corrected chi connectivity index (χ4v) is 2.16. The number of benzene rings is 1. The zero-order valence-electron chi connectivity index (χ0n) is 13.4. The van der Waals surface area contributed by atoms with Gasteiger partial charge in [0.2, 0.25) is 0 Å². The van der Waals surface area contributed by atoms with E-state index in [1.54, 1.807) is 7.11 Å². The number of nitrogens with one attached hydrogen (secondary N) is 1. The predicted molar refractivity (Wildman–Crippen MR) is 88.0 cm³/mol. The van der Waals surface area contributed by atoms with Gasteiger partial charge in [-0.3, -0.25) is 0 Å². The molecule has 0 saturated heterocycles. The Kier molecular flexibility index (Phi) is 8.24. The first-order chi connectivity index (χ1) is 9.65. The molecule has 1 aromatic carbocycles. The fourth-order valence-electron chi connectivity index (χ4n) is 2.16. The van der Waals surface area contributed by atoms with E-state index in [0.29, 0.717) is 5.92 Å². The zero-order valence-corrected chi connectivity index (χ0v) is 13.4. The molecule has 0 spiro atoms. The molecule has 0 fully saturated rings. The van der Waals surface area contributed by atoms with Gasteiger partial charge < -0.3 is 10.1 Å². The zero-order chi connectivity index (χ0) is 14.8. The van der Waals surface area contributed by atoms with Crippen molar-refractivity contribution in [3.8, 4) is 0 Å². The third-order valence-electron chi connectivity index (χ3n) is 3.28. The first-order valence-corrected chi connectivity index (χ1v) is 7.63. The molecule has 0 aromatic heterocycles. The van der Waals surface area contributed by atoms with Crippen LogP contribution < -0.4 is 5.32 Å². The van der Waals surface area contributed by atoms with Crippen LogP contribution in [-0.4, -0.2) is 26.8 Å². The normalized spacial score (nSPS) is 12.2. The first-order valence-electron chi connectivity index (χ1n) is 7.63. The summed E-state index contributed by atoms with van der Waals surface area (Å²) in [5.41, 5.74) is 4.15. The van der Waals surface area contributed by atoms with Gasteiger partial charge in [-0.15, -0.1) is 0 Å². The number of rotatable bonds is 9. The minimum Gasteiger partial charge on any atom is -0.383 e. The Bertz CT molecular complexity index is 392. The van der Waals surface area contributed by atoms with Gasteiger partial charge in [-0.2, -0.15) is 0 Å². The molecule has 0 aliphatic heterocycles. The highest BCUT2D eigenvalue weighted by atomic mass is 16.5. The summed E-state index contributed by atoms with van der Waals surface area (Å²) in [5.74, 6) is 0.715. The van der Waals surface area contributed by atoms with Crippen LogP contribution in [0.1, 0.15) is 38.3 Å². The Morgan fingerprint density at radius 1 is 1.25 bits per heavy atom. The van der Waals surface area contributed by atoms with Crippen LogP contribution in [-0.2, 0) is 11.2 Å². The molecule has 1 N–H and O–H groups in total. The molecule has 0 heterocycles. The summed E-state index contributed by atoms with van der Waals surface area (Å²) in [5, 5.41) is 3.40. The second kappa shape index (κ2) is 9.73. The Morgan fingerprint density at radius 2 is 1.95 bits per heavy atom. The monoisotopic (exact) mass is 275 g/mol. The van der Waals surface area contributed by atoms with E-state index in [9.17, 15) is 0 Å². The molecule has 2 nitrogen and oxygen atoms in total. The minimum atomic E-state index is 0.715. The van der Waals surface area contributed by atoms with Gasteiger partial charge in [-0.1, -0.05) is 56.7 Å². The quantitative estimate of drug-likeness (QED) is 0.690. The Balaban J connectivity index is 2.56. The maximum atomic E-state index is 5.04. The molecule has 1 rings (SSSR count). The number of methoxy groups -OCH3 is 1. The molecule has 0 unspecified atom stereocenters. The lowest BCUT2D eigenvalue weighted by molar-refractivity contribution is 0.200. The molecule has 1 aromatic rings. The molecule has 112 valence electrons. The van der Waals surface area contributed by atoms with Gasteiger partial charge in [0.25, 0.3) is 0 Å². The molecular weight excluding hydrogens is 246 g/mol.